The Kier molecular flexibility index (Phi) is 5.77. The summed E-state index contributed by atoms with van der Waals surface area (Å²) in [5.74, 6) is -0.191. The van der Waals surface area contributed by atoms with Crippen molar-refractivity contribution in [3.8, 4) is 0 Å². The monoisotopic (exact) mass is 228 g/mol. The zero-order valence-electron chi connectivity index (χ0n) is 10.7. The van der Waals surface area contributed by atoms with Gasteiger partial charge in [-0.1, -0.05) is 13.3 Å². The quantitative estimate of drug-likeness (QED) is 0.709. The van der Waals surface area contributed by atoms with Gasteiger partial charge in [0, 0.05) is 19.1 Å². The number of likely N-dealkylation sites (N-methyl/N-ethyl adjacent to an activating group) is 1. The second-order valence-corrected chi connectivity index (χ2v) is 4.71. The van der Waals surface area contributed by atoms with Crippen LogP contribution in [0.15, 0.2) is 0 Å². The summed E-state index contributed by atoms with van der Waals surface area (Å²) in [5.41, 5.74) is 0. The molecule has 1 aliphatic rings. The molecule has 1 fully saturated rings. The minimum absolute atomic E-state index is 0.0566. The predicted octanol–water partition coefficient (Wildman–Crippen LogP) is 0.869. The molecule has 0 amide bonds. The summed E-state index contributed by atoms with van der Waals surface area (Å²) >= 11 is 0. The Bertz CT molecular complexity index is 221. The number of carbonyl (C=O) groups excluding carboxylic acids is 1. The number of nitrogens with one attached hydrogen (secondary N) is 1. The first-order valence-corrected chi connectivity index (χ1v) is 6.14. The van der Waals surface area contributed by atoms with Crippen LogP contribution in [0.4, 0.5) is 0 Å². The second-order valence-electron chi connectivity index (χ2n) is 4.71. The lowest BCUT2D eigenvalue weighted by Gasteiger charge is -2.32. The highest BCUT2D eigenvalue weighted by Crippen LogP contribution is 2.13. The topological polar surface area (TPSA) is 41.6 Å². The van der Waals surface area contributed by atoms with Gasteiger partial charge in [-0.25, -0.2) is 0 Å². The van der Waals surface area contributed by atoms with Crippen LogP contribution in [0.1, 0.15) is 26.2 Å². The number of carbonyl (C=O) groups is 1. The van der Waals surface area contributed by atoms with Gasteiger partial charge in [-0.05, 0) is 26.4 Å². The zero-order valence-corrected chi connectivity index (χ0v) is 10.7. The first kappa shape index (κ1) is 13.5. The average molecular weight is 228 g/mol. The molecule has 0 spiro atoms. The van der Waals surface area contributed by atoms with Gasteiger partial charge in [0.25, 0.3) is 0 Å². The van der Waals surface area contributed by atoms with E-state index in [1.54, 1.807) is 0 Å². The van der Waals surface area contributed by atoms with Gasteiger partial charge in [-0.3, -0.25) is 4.79 Å². The molecule has 0 bridgehead atoms. The largest absolute Gasteiger partial charge is 0.469 e. The molecule has 0 saturated carbocycles. The van der Waals surface area contributed by atoms with E-state index in [0.29, 0.717) is 12.6 Å². The molecule has 0 aliphatic carbocycles. The minimum Gasteiger partial charge on any atom is -0.469 e. The van der Waals surface area contributed by atoms with Crippen molar-refractivity contribution in [2.75, 3.05) is 33.8 Å². The highest BCUT2D eigenvalue weighted by molar-refractivity contribution is 5.71. The van der Waals surface area contributed by atoms with Crippen LogP contribution in [0.5, 0.6) is 0 Å². The smallest absolute Gasteiger partial charge is 0.309 e. The van der Waals surface area contributed by atoms with Crippen molar-refractivity contribution in [3.05, 3.63) is 0 Å². The van der Waals surface area contributed by atoms with Gasteiger partial charge in [-0.2, -0.15) is 0 Å². The van der Waals surface area contributed by atoms with Crippen LogP contribution < -0.4 is 5.32 Å². The van der Waals surface area contributed by atoms with E-state index < -0.39 is 0 Å². The first-order valence-electron chi connectivity index (χ1n) is 6.14. The molecule has 1 aliphatic heterocycles. The number of piperidine rings is 1. The molecule has 1 rings (SSSR count). The highest BCUT2D eigenvalue weighted by atomic mass is 16.5. The summed E-state index contributed by atoms with van der Waals surface area (Å²) in [6.45, 7) is 4.76. The van der Waals surface area contributed by atoms with Crippen LogP contribution in [0.3, 0.4) is 0 Å². The van der Waals surface area contributed by atoms with Crippen molar-refractivity contribution >= 4 is 5.97 Å². The van der Waals surface area contributed by atoms with Gasteiger partial charge in [0.05, 0.1) is 13.0 Å². The van der Waals surface area contributed by atoms with Crippen LogP contribution in [-0.4, -0.2) is 50.7 Å². The lowest BCUT2D eigenvalue weighted by molar-refractivity contribution is -0.144. The lowest BCUT2D eigenvalue weighted by atomic mass is 10.0. The van der Waals surface area contributed by atoms with Crippen molar-refractivity contribution in [1.29, 1.82) is 0 Å². The van der Waals surface area contributed by atoms with E-state index in [9.17, 15) is 4.79 Å². The average Bonchev–Trinajstić information content (AvgIpc) is 2.30. The molecule has 4 nitrogen and oxygen atoms in total. The summed E-state index contributed by atoms with van der Waals surface area (Å²) in [6.07, 6.45) is 3.89. The minimum atomic E-state index is -0.135. The third kappa shape index (κ3) is 4.10. The third-order valence-corrected chi connectivity index (χ3v) is 3.36. The van der Waals surface area contributed by atoms with Gasteiger partial charge >= 0.3 is 5.97 Å². The van der Waals surface area contributed by atoms with E-state index in [0.717, 1.165) is 6.54 Å². The van der Waals surface area contributed by atoms with E-state index in [2.05, 4.69) is 22.0 Å². The zero-order chi connectivity index (χ0) is 12.0. The van der Waals surface area contributed by atoms with Gasteiger partial charge < -0.3 is 15.0 Å². The molecule has 2 unspecified atom stereocenters. The van der Waals surface area contributed by atoms with Gasteiger partial charge in [0.2, 0.25) is 0 Å². The fourth-order valence-electron chi connectivity index (χ4n) is 2.15. The van der Waals surface area contributed by atoms with E-state index in [4.69, 9.17) is 0 Å². The summed E-state index contributed by atoms with van der Waals surface area (Å²) in [6, 6.07) is 0.624. The Morgan fingerprint density at radius 1 is 1.56 bits per heavy atom. The van der Waals surface area contributed by atoms with Crippen molar-refractivity contribution in [1.82, 2.24) is 10.2 Å². The molecule has 0 aromatic carbocycles. The first-order chi connectivity index (χ1) is 7.65. The summed E-state index contributed by atoms with van der Waals surface area (Å²) < 4.78 is 4.69. The summed E-state index contributed by atoms with van der Waals surface area (Å²) in [7, 11) is 3.61. The molecule has 0 aromatic rings. The van der Waals surface area contributed by atoms with E-state index in [-0.39, 0.29) is 11.9 Å². The van der Waals surface area contributed by atoms with E-state index in [1.807, 2.05) is 6.92 Å². The molecule has 16 heavy (non-hydrogen) atoms. The number of nitrogens with zero attached hydrogens (tertiary/aromatic N) is 1. The molecule has 1 saturated heterocycles. The number of methoxy groups -OCH3 is 1. The van der Waals surface area contributed by atoms with E-state index >= 15 is 0 Å². The van der Waals surface area contributed by atoms with Gasteiger partial charge in [0.15, 0.2) is 0 Å². The normalized spacial score (nSPS) is 24.1. The number of hydrogen-bond donors (Lipinski definition) is 1. The summed E-state index contributed by atoms with van der Waals surface area (Å²) in [5, 5.41) is 3.36. The van der Waals surface area contributed by atoms with Crippen molar-refractivity contribution in [2.24, 2.45) is 5.92 Å². The van der Waals surface area contributed by atoms with Crippen LogP contribution in [0.25, 0.3) is 0 Å². The van der Waals surface area contributed by atoms with Gasteiger partial charge in [-0.15, -0.1) is 0 Å². The Morgan fingerprint density at radius 3 is 2.94 bits per heavy atom. The lowest BCUT2D eigenvalue weighted by Crippen LogP contribution is -2.44. The van der Waals surface area contributed by atoms with Crippen LogP contribution in [0, 0.1) is 5.92 Å². The number of likely N-dealkylation sites (tertiary alicyclic amines) is 1. The SMILES string of the molecule is COC(=O)C(C)CNCC1CCCCN1C. The predicted molar refractivity (Wildman–Crippen MR) is 64.3 cm³/mol. The molecular weight excluding hydrogens is 204 g/mol. The molecule has 94 valence electrons. The van der Waals surface area contributed by atoms with E-state index in [1.165, 1.54) is 32.9 Å². The third-order valence-electron chi connectivity index (χ3n) is 3.36. The molecule has 4 heteroatoms. The van der Waals surface area contributed by atoms with Crippen LogP contribution in [0.2, 0.25) is 0 Å². The molecule has 0 radical (unpaired) electrons. The Hall–Kier alpha value is -0.610. The van der Waals surface area contributed by atoms with Gasteiger partial charge in [0.1, 0.15) is 0 Å². The van der Waals surface area contributed by atoms with Crippen LogP contribution in [-0.2, 0) is 9.53 Å². The summed E-state index contributed by atoms with van der Waals surface area (Å²) in [4.78, 5) is 13.6. The fourth-order valence-corrected chi connectivity index (χ4v) is 2.15. The Labute approximate surface area is 98.3 Å². The maximum absolute atomic E-state index is 11.2. The molecular formula is C12H24N2O2. The van der Waals surface area contributed by atoms with Crippen LogP contribution >= 0.6 is 0 Å². The molecule has 1 N–H and O–H groups in total. The standard InChI is InChI=1S/C12H24N2O2/c1-10(12(15)16-3)8-13-9-11-6-4-5-7-14(11)2/h10-11,13H,4-9H2,1-3H3. The number of hydrogen-bond acceptors (Lipinski definition) is 4. The molecule has 1 heterocycles. The Morgan fingerprint density at radius 2 is 2.31 bits per heavy atom. The number of esters is 1. The Balaban J connectivity index is 2.16. The highest BCUT2D eigenvalue weighted by Gasteiger charge is 2.19. The van der Waals surface area contributed by atoms with Crippen molar-refractivity contribution in [2.45, 2.75) is 32.2 Å². The number of ether oxygens (including phenoxy) is 1. The molecule has 2 atom stereocenters. The van der Waals surface area contributed by atoms with Crippen molar-refractivity contribution < 1.29 is 9.53 Å². The maximum Gasteiger partial charge on any atom is 0.309 e. The second kappa shape index (κ2) is 6.86. The molecule has 0 aromatic heterocycles. The van der Waals surface area contributed by atoms with Crippen molar-refractivity contribution in [3.63, 3.8) is 0 Å². The number of rotatable bonds is 5. The maximum atomic E-state index is 11.2. The fraction of sp³-hybridized carbons (Fsp3) is 0.917.